The van der Waals surface area contributed by atoms with Crippen molar-refractivity contribution in [2.45, 2.75) is 38.5 Å². The van der Waals surface area contributed by atoms with Crippen LogP contribution in [0.3, 0.4) is 0 Å². The number of rotatable bonds is 8. The summed E-state index contributed by atoms with van der Waals surface area (Å²) in [6.45, 7) is 1.98. The molecule has 1 aromatic heterocycles. The maximum atomic E-state index is 11.9. The minimum absolute atomic E-state index is 0.109. The van der Waals surface area contributed by atoms with Crippen LogP contribution in [0.5, 0.6) is 0 Å². The molecular formula is C16H20N4O4. The molecular weight excluding hydrogens is 312 g/mol. The van der Waals surface area contributed by atoms with Crippen LogP contribution in [0.25, 0.3) is 0 Å². The number of nitrogens with zero attached hydrogens (tertiary/aromatic N) is 3. The van der Waals surface area contributed by atoms with Gasteiger partial charge in [-0.2, -0.15) is 5.10 Å². The maximum Gasteiger partial charge on any atom is 0.306 e. The lowest BCUT2D eigenvalue weighted by atomic mass is 10.0. The number of aromatic nitrogens is 2. The number of nitro groups is 1. The summed E-state index contributed by atoms with van der Waals surface area (Å²) in [6.07, 6.45) is 2.31. The number of benzene rings is 1. The van der Waals surface area contributed by atoms with E-state index >= 15 is 0 Å². The molecule has 0 spiro atoms. The molecule has 0 bridgehead atoms. The average molecular weight is 332 g/mol. The largest absolute Gasteiger partial charge is 0.391 e. The summed E-state index contributed by atoms with van der Waals surface area (Å²) in [4.78, 5) is 22.0. The van der Waals surface area contributed by atoms with E-state index in [0.29, 0.717) is 6.42 Å². The molecule has 0 aliphatic rings. The number of hydrogen-bond donors (Lipinski definition) is 2. The number of hydrogen-bond acceptors (Lipinski definition) is 5. The normalized spacial score (nSPS) is 13.2. The molecule has 128 valence electrons. The monoisotopic (exact) mass is 332 g/mol. The molecule has 8 nitrogen and oxygen atoms in total. The minimum Gasteiger partial charge on any atom is -0.391 e. The minimum atomic E-state index is -0.692. The van der Waals surface area contributed by atoms with Crippen LogP contribution >= 0.6 is 0 Å². The van der Waals surface area contributed by atoms with E-state index in [1.165, 1.54) is 10.9 Å². The molecule has 0 saturated carbocycles. The third kappa shape index (κ3) is 5.17. The van der Waals surface area contributed by atoms with E-state index in [4.69, 9.17) is 0 Å². The third-order valence-electron chi connectivity index (χ3n) is 3.65. The zero-order valence-electron chi connectivity index (χ0n) is 13.3. The summed E-state index contributed by atoms with van der Waals surface area (Å²) in [5, 5.41) is 27.3. The van der Waals surface area contributed by atoms with Gasteiger partial charge in [0.15, 0.2) is 0 Å². The van der Waals surface area contributed by atoms with Crippen molar-refractivity contribution in [1.29, 1.82) is 0 Å². The topological polar surface area (TPSA) is 110 Å². The number of aliphatic hydroxyl groups is 1. The lowest BCUT2D eigenvalue weighted by Gasteiger charge is -2.20. The van der Waals surface area contributed by atoms with Crippen LogP contribution in [0.4, 0.5) is 5.69 Å². The molecule has 2 atom stereocenters. The maximum absolute atomic E-state index is 11.9. The molecule has 0 aliphatic carbocycles. The summed E-state index contributed by atoms with van der Waals surface area (Å²) in [5.74, 6) is -0.243. The quantitative estimate of drug-likeness (QED) is 0.559. The van der Waals surface area contributed by atoms with Gasteiger partial charge >= 0.3 is 5.69 Å². The summed E-state index contributed by atoms with van der Waals surface area (Å²) in [5.41, 5.74) is 0.886. The smallest absolute Gasteiger partial charge is 0.306 e. The van der Waals surface area contributed by atoms with E-state index < -0.39 is 17.1 Å². The second-order valence-electron chi connectivity index (χ2n) is 5.58. The van der Waals surface area contributed by atoms with Crippen LogP contribution in [0.1, 0.15) is 18.9 Å². The molecule has 0 fully saturated rings. The van der Waals surface area contributed by atoms with Crippen LogP contribution < -0.4 is 5.32 Å². The van der Waals surface area contributed by atoms with Gasteiger partial charge < -0.3 is 10.4 Å². The van der Waals surface area contributed by atoms with Gasteiger partial charge in [-0.3, -0.25) is 19.6 Å². The van der Waals surface area contributed by atoms with Crippen LogP contribution in [-0.2, 0) is 17.8 Å². The Kier molecular flexibility index (Phi) is 6.02. The second kappa shape index (κ2) is 8.21. The molecule has 0 radical (unpaired) electrons. The predicted octanol–water partition coefficient (Wildman–Crippen LogP) is 1.29. The first-order valence-electron chi connectivity index (χ1n) is 7.64. The average Bonchev–Trinajstić information content (AvgIpc) is 3.03. The molecule has 8 heteroatoms. The van der Waals surface area contributed by atoms with Crippen molar-refractivity contribution in [3.05, 3.63) is 58.4 Å². The lowest BCUT2D eigenvalue weighted by Crippen LogP contribution is -2.42. The van der Waals surface area contributed by atoms with Crippen molar-refractivity contribution in [1.82, 2.24) is 15.1 Å². The predicted molar refractivity (Wildman–Crippen MR) is 87.3 cm³/mol. The van der Waals surface area contributed by atoms with Gasteiger partial charge in [0.25, 0.3) is 0 Å². The Morgan fingerprint density at radius 2 is 2.12 bits per heavy atom. The third-order valence-corrected chi connectivity index (χ3v) is 3.65. The Hall–Kier alpha value is -2.74. The van der Waals surface area contributed by atoms with Gasteiger partial charge in [-0.25, -0.2) is 0 Å². The van der Waals surface area contributed by atoms with Crippen molar-refractivity contribution in [3.63, 3.8) is 0 Å². The summed E-state index contributed by atoms with van der Waals surface area (Å²) < 4.78 is 1.35. The number of nitrogens with one attached hydrogen (secondary N) is 1. The molecule has 0 aliphatic heterocycles. The van der Waals surface area contributed by atoms with E-state index in [2.05, 4.69) is 10.4 Å². The van der Waals surface area contributed by atoms with E-state index in [0.717, 1.165) is 11.8 Å². The van der Waals surface area contributed by atoms with Crippen molar-refractivity contribution in [3.8, 4) is 0 Å². The highest BCUT2D eigenvalue weighted by atomic mass is 16.6. The van der Waals surface area contributed by atoms with Gasteiger partial charge in [-0.15, -0.1) is 0 Å². The van der Waals surface area contributed by atoms with Gasteiger partial charge in [-0.05, 0) is 12.5 Å². The van der Waals surface area contributed by atoms with Gasteiger partial charge in [-0.1, -0.05) is 30.3 Å². The SMILES string of the molecule is CC(NC(=O)CCn1cc([N+](=O)[O-])cn1)C(O)Cc1ccccc1. The number of amides is 1. The Balaban J connectivity index is 1.77. The number of carbonyl (C=O) groups excluding carboxylic acids is 1. The Morgan fingerprint density at radius 3 is 2.75 bits per heavy atom. The van der Waals surface area contributed by atoms with E-state index in [9.17, 15) is 20.0 Å². The summed E-state index contributed by atoms with van der Waals surface area (Å²) in [6, 6.07) is 9.14. The van der Waals surface area contributed by atoms with Crippen molar-refractivity contribution in [2.24, 2.45) is 0 Å². The molecule has 2 aromatic rings. The van der Waals surface area contributed by atoms with Crippen LogP contribution in [0, 0.1) is 10.1 Å². The molecule has 2 N–H and O–H groups in total. The van der Waals surface area contributed by atoms with Crippen molar-refractivity contribution in [2.75, 3.05) is 0 Å². The fourth-order valence-electron chi connectivity index (χ4n) is 2.24. The van der Waals surface area contributed by atoms with Crippen LogP contribution in [-0.4, -0.2) is 37.9 Å². The highest BCUT2D eigenvalue weighted by molar-refractivity contribution is 5.76. The molecule has 2 rings (SSSR count). The van der Waals surface area contributed by atoms with Gasteiger partial charge in [0.05, 0.1) is 17.1 Å². The summed E-state index contributed by atoms with van der Waals surface area (Å²) in [7, 11) is 0. The lowest BCUT2D eigenvalue weighted by molar-refractivity contribution is -0.385. The highest BCUT2D eigenvalue weighted by Crippen LogP contribution is 2.09. The first-order chi connectivity index (χ1) is 11.5. The fourth-order valence-corrected chi connectivity index (χ4v) is 2.24. The van der Waals surface area contributed by atoms with Crippen LogP contribution in [0.15, 0.2) is 42.7 Å². The fraction of sp³-hybridized carbons (Fsp3) is 0.375. The molecule has 1 heterocycles. The number of aryl methyl sites for hydroxylation is 1. The van der Waals surface area contributed by atoms with Crippen molar-refractivity contribution >= 4 is 11.6 Å². The first kappa shape index (κ1) is 17.6. The van der Waals surface area contributed by atoms with Crippen molar-refractivity contribution < 1.29 is 14.8 Å². The van der Waals surface area contributed by atoms with Gasteiger partial charge in [0.1, 0.15) is 12.4 Å². The molecule has 2 unspecified atom stereocenters. The summed E-state index contributed by atoms with van der Waals surface area (Å²) >= 11 is 0. The number of aliphatic hydroxyl groups excluding tert-OH is 1. The first-order valence-corrected chi connectivity index (χ1v) is 7.64. The molecule has 0 saturated heterocycles. The Morgan fingerprint density at radius 1 is 1.42 bits per heavy atom. The zero-order chi connectivity index (χ0) is 17.5. The van der Waals surface area contributed by atoms with E-state index in [1.54, 1.807) is 6.92 Å². The van der Waals surface area contributed by atoms with Gasteiger partial charge in [0.2, 0.25) is 5.91 Å². The molecule has 1 aromatic carbocycles. The van der Waals surface area contributed by atoms with Crippen LogP contribution in [0.2, 0.25) is 0 Å². The van der Waals surface area contributed by atoms with E-state index in [1.807, 2.05) is 30.3 Å². The van der Waals surface area contributed by atoms with E-state index in [-0.39, 0.29) is 24.6 Å². The molecule has 24 heavy (non-hydrogen) atoms. The number of carbonyl (C=O) groups is 1. The standard InChI is InChI=1S/C16H20N4O4/c1-12(15(21)9-13-5-3-2-4-6-13)18-16(22)7-8-19-11-14(10-17-19)20(23)24/h2-6,10-12,15,21H,7-9H2,1H3,(H,18,22). The Labute approximate surface area is 139 Å². The molecule has 1 amide bonds. The zero-order valence-corrected chi connectivity index (χ0v) is 13.3. The van der Waals surface area contributed by atoms with Gasteiger partial charge in [0, 0.05) is 19.4 Å². The highest BCUT2D eigenvalue weighted by Gasteiger charge is 2.17. The Bertz CT molecular complexity index is 686. The second-order valence-corrected chi connectivity index (χ2v) is 5.58.